The van der Waals surface area contributed by atoms with Crippen molar-refractivity contribution in [1.82, 2.24) is 0 Å². The van der Waals surface area contributed by atoms with Gasteiger partial charge in [-0.2, -0.15) is 0 Å². The summed E-state index contributed by atoms with van der Waals surface area (Å²) in [6.07, 6.45) is 16.3. The van der Waals surface area contributed by atoms with E-state index in [1.54, 1.807) is 6.26 Å². The molecule has 1 fully saturated rings. The smallest absolute Gasteiger partial charge is 0.156 e. The summed E-state index contributed by atoms with van der Waals surface area (Å²) in [6.45, 7) is 4.10. The number of hydrogen-bond donors (Lipinski definition) is 1. The zero-order valence-electron chi connectivity index (χ0n) is 13.6. The van der Waals surface area contributed by atoms with Crippen LogP contribution in [0.1, 0.15) is 24.0 Å². The Balaban J connectivity index is 1.83. The number of fused-ring (bicyclic) bond motifs is 4. The van der Waals surface area contributed by atoms with Crippen LogP contribution in [0.4, 0.5) is 0 Å². The first kappa shape index (κ1) is 14.3. The van der Waals surface area contributed by atoms with Crippen LogP contribution in [0.15, 0.2) is 73.6 Å². The molecule has 0 bridgehead atoms. The summed E-state index contributed by atoms with van der Waals surface area (Å²) in [5.74, 6) is 1.08. The van der Waals surface area contributed by atoms with Crippen molar-refractivity contribution in [3.63, 3.8) is 0 Å². The van der Waals surface area contributed by atoms with Crippen LogP contribution in [0.3, 0.4) is 0 Å². The molecule has 1 N–H and O–H groups in total. The topological polar surface area (TPSA) is 29.5 Å². The highest BCUT2D eigenvalue weighted by Crippen LogP contribution is 2.65. The number of rotatable bonds is 1. The highest BCUT2D eigenvalue weighted by atomic mass is 16.5. The van der Waals surface area contributed by atoms with E-state index >= 15 is 0 Å². The van der Waals surface area contributed by atoms with E-state index in [1.165, 1.54) is 0 Å². The molecule has 1 aromatic rings. The Morgan fingerprint density at radius 1 is 1.17 bits per heavy atom. The van der Waals surface area contributed by atoms with Crippen LogP contribution in [0.2, 0.25) is 0 Å². The van der Waals surface area contributed by atoms with Crippen molar-refractivity contribution in [2.24, 2.45) is 23.7 Å². The second kappa shape index (κ2) is 4.73. The van der Waals surface area contributed by atoms with E-state index in [4.69, 9.17) is 4.74 Å². The molecule has 6 atom stereocenters. The molecule has 2 nitrogen and oxygen atoms in total. The van der Waals surface area contributed by atoms with E-state index < -0.39 is 11.2 Å². The molecular weight excluding hydrogens is 296 g/mol. The monoisotopic (exact) mass is 318 g/mol. The van der Waals surface area contributed by atoms with Gasteiger partial charge in [-0.15, -0.1) is 6.58 Å². The van der Waals surface area contributed by atoms with E-state index in [0.717, 1.165) is 17.5 Å². The van der Waals surface area contributed by atoms with Gasteiger partial charge in [0.1, 0.15) is 0 Å². The van der Waals surface area contributed by atoms with Gasteiger partial charge in [0.05, 0.1) is 11.9 Å². The van der Waals surface area contributed by atoms with Crippen LogP contribution in [-0.4, -0.2) is 5.11 Å². The molecule has 1 saturated carbocycles. The third-order valence-electron chi connectivity index (χ3n) is 6.63. The molecule has 1 aromatic carbocycles. The number of allylic oxidation sites excluding steroid dienone is 4. The molecule has 122 valence electrons. The lowest BCUT2D eigenvalue weighted by Gasteiger charge is -2.54. The molecule has 0 saturated heterocycles. The van der Waals surface area contributed by atoms with Crippen molar-refractivity contribution in [1.29, 1.82) is 0 Å². The number of aliphatic hydroxyl groups is 1. The van der Waals surface area contributed by atoms with Crippen LogP contribution in [0, 0.1) is 23.7 Å². The minimum Gasteiger partial charge on any atom is -0.486 e. The molecule has 1 heterocycles. The number of benzene rings is 1. The predicted octanol–water partition coefficient (Wildman–Crippen LogP) is 4.20. The maximum atomic E-state index is 11.8. The summed E-state index contributed by atoms with van der Waals surface area (Å²) >= 11 is 0. The molecule has 1 aliphatic heterocycles. The summed E-state index contributed by atoms with van der Waals surface area (Å²) in [5.41, 5.74) is 0.839. The largest absolute Gasteiger partial charge is 0.486 e. The van der Waals surface area contributed by atoms with Crippen molar-refractivity contribution in [3.8, 4) is 0 Å². The number of ether oxygens (including phenoxy) is 1. The Morgan fingerprint density at radius 2 is 2.00 bits per heavy atom. The van der Waals surface area contributed by atoms with Crippen LogP contribution >= 0.6 is 0 Å². The molecule has 0 unspecified atom stereocenters. The van der Waals surface area contributed by atoms with Gasteiger partial charge >= 0.3 is 0 Å². The van der Waals surface area contributed by atoms with Gasteiger partial charge in [0.15, 0.2) is 5.60 Å². The molecule has 0 aromatic heterocycles. The van der Waals surface area contributed by atoms with Gasteiger partial charge in [0, 0.05) is 17.4 Å². The lowest BCUT2D eigenvalue weighted by Crippen LogP contribution is -2.55. The van der Waals surface area contributed by atoms with E-state index in [1.807, 2.05) is 18.2 Å². The van der Waals surface area contributed by atoms with Crippen molar-refractivity contribution < 1.29 is 9.84 Å². The Bertz CT molecular complexity index is 789. The molecule has 5 rings (SSSR count). The molecule has 0 amide bonds. The molecular formula is C22H22O2. The summed E-state index contributed by atoms with van der Waals surface area (Å²) in [4.78, 5) is 0. The van der Waals surface area contributed by atoms with Crippen LogP contribution in [-0.2, 0) is 15.9 Å². The van der Waals surface area contributed by atoms with E-state index in [9.17, 15) is 5.11 Å². The quantitative estimate of drug-likeness (QED) is 0.787. The average molecular weight is 318 g/mol. The van der Waals surface area contributed by atoms with Crippen molar-refractivity contribution in [3.05, 3.63) is 84.7 Å². The molecule has 0 radical (unpaired) electrons. The predicted molar refractivity (Wildman–Crippen MR) is 93.9 cm³/mol. The van der Waals surface area contributed by atoms with Crippen LogP contribution < -0.4 is 0 Å². The summed E-state index contributed by atoms with van der Waals surface area (Å²) in [6, 6.07) is 8.29. The van der Waals surface area contributed by atoms with Gasteiger partial charge < -0.3 is 9.84 Å². The third kappa shape index (κ3) is 1.55. The number of hydrogen-bond acceptors (Lipinski definition) is 2. The first-order valence-electron chi connectivity index (χ1n) is 8.84. The Morgan fingerprint density at radius 3 is 2.75 bits per heavy atom. The molecule has 4 aliphatic rings. The summed E-state index contributed by atoms with van der Waals surface area (Å²) in [5, 5.41) is 11.8. The van der Waals surface area contributed by atoms with Crippen molar-refractivity contribution >= 4 is 0 Å². The maximum Gasteiger partial charge on any atom is 0.156 e. The summed E-state index contributed by atoms with van der Waals surface area (Å²) in [7, 11) is 0. The van der Waals surface area contributed by atoms with Crippen LogP contribution in [0.25, 0.3) is 0 Å². The minimum absolute atomic E-state index is 0.163. The second-order valence-electron chi connectivity index (χ2n) is 7.55. The fourth-order valence-corrected chi connectivity index (χ4v) is 5.82. The van der Waals surface area contributed by atoms with E-state index in [0.29, 0.717) is 18.3 Å². The van der Waals surface area contributed by atoms with Gasteiger partial charge in [-0.1, -0.05) is 48.6 Å². The fraction of sp³-hybridized carbons (Fsp3) is 0.364. The van der Waals surface area contributed by atoms with Gasteiger partial charge in [-0.3, -0.25) is 0 Å². The lowest BCUT2D eigenvalue weighted by molar-refractivity contribution is -0.130. The van der Waals surface area contributed by atoms with E-state index in [2.05, 4.69) is 49.1 Å². The molecule has 24 heavy (non-hydrogen) atoms. The first-order chi connectivity index (χ1) is 11.7. The average Bonchev–Trinajstić information content (AvgIpc) is 3.02. The van der Waals surface area contributed by atoms with Gasteiger partial charge in [0.25, 0.3) is 0 Å². The molecule has 1 spiro atoms. The van der Waals surface area contributed by atoms with E-state index in [-0.39, 0.29) is 11.8 Å². The van der Waals surface area contributed by atoms with Gasteiger partial charge in [-0.05, 0) is 42.4 Å². The zero-order chi connectivity index (χ0) is 16.4. The molecule has 3 aliphatic carbocycles. The Kier molecular flexibility index (Phi) is 2.82. The fourth-order valence-electron chi connectivity index (χ4n) is 5.82. The second-order valence-corrected chi connectivity index (χ2v) is 7.55. The van der Waals surface area contributed by atoms with Gasteiger partial charge in [-0.25, -0.2) is 0 Å². The molecule has 2 heteroatoms. The third-order valence-corrected chi connectivity index (χ3v) is 6.63. The summed E-state index contributed by atoms with van der Waals surface area (Å²) < 4.78 is 6.34. The Labute approximate surface area is 142 Å². The SMILES string of the molecule is C=C[C@@H]1C[C@@H]2C=CC[C@@]3(O)c4ccccc4[C@@]4(C=CC=CO4)[C@H]1[C@H]23. The van der Waals surface area contributed by atoms with Crippen molar-refractivity contribution in [2.45, 2.75) is 24.0 Å². The Hall–Kier alpha value is -2.06. The highest BCUT2D eigenvalue weighted by molar-refractivity contribution is 5.48. The van der Waals surface area contributed by atoms with Crippen molar-refractivity contribution in [2.75, 3.05) is 0 Å². The van der Waals surface area contributed by atoms with Gasteiger partial charge in [0.2, 0.25) is 0 Å². The minimum atomic E-state index is -0.804. The normalized spacial score (nSPS) is 44.0. The standard InChI is InChI=1S/C22H22O2/c1-2-15-14-16-8-7-11-21(23)17-9-3-4-10-18(17)22(20(15)19(16)21)12-5-6-13-24-22/h2-10,12-13,15-16,19-20,23H,1,11,14H2/t15-,16+,19+,20-,21-,22+/m1/s1. The van der Waals surface area contributed by atoms with Crippen LogP contribution in [0.5, 0.6) is 0 Å². The maximum absolute atomic E-state index is 11.8. The zero-order valence-corrected chi connectivity index (χ0v) is 13.6. The first-order valence-corrected chi connectivity index (χ1v) is 8.84. The lowest BCUT2D eigenvalue weighted by atomic mass is 9.55. The highest BCUT2D eigenvalue weighted by Gasteiger charge is 2.65.